The van der Waals surface area contributed by atoms with Crippen molar-refractivity contribution in [1.29, 1.82) is 0 Å². The zero-order valence-corrected chi connectivity index (χ0v) is 14.2. The molecule has 2 aromatic rings. The number of hydrogen-bond acceptors (Lipinski definition) is 5. The van der Waals surface area contributed by atoms with Crippen LogP contribution in [0.1, 0.15) is 15.9 Å². The molecule has 1 aliphatic rings. The Bertz CT molecular complexity index is 922. The van der Waals surface area contributed by atoms with Gasteiger partial charge >= 0.3 is 0 Å². The number of rotatable bonds is 5. The van der Waals surface area contributed by atoms with Crippen LogP contribution in [0, 0.1) is 0 Å². The van der Waals surface area contributed by atoms with Gasteiger partial charge in [-0.05, 0) is 29.8 Å². The van der Waals surface area contributed by atoms with Crippen LogP contribution in [0.4, 0.5) is 0 Å². The molecule has 0 aliphatic carbocycles. The lowest BCUT2D eigenvalue weighted by Gasteiger charge is -2.14. The van der Waals surface area contributed by atoms with Crippen molar-refractivity contribution in [3.63, 3.8) is 0 Å². The highest BCUT2D eigenvalue weighted by Crippen LogP contribution is 2.29. The van der Waals surface area contributed by atoms with Crippen LogP contribution < -0.4 is 10.1 Å². The first-order valence-corrected chi connectivity index (χ1v) is 8.93. The highest BCUT2D eigenvalue weighted by Gasteiger charge is 2.41. The minimum absolute atomic E-state index is 0.0667. The van der Waals surface area contributed by atoms with Crippen LogP contribution in [-0.2, 0) is 21.4 Å². The molecule has 1 heterocycles. The predicted molar refractivity (Wildman–Crippen MR) is 89.5 cm³/mol. The summed E-state index contributed by atoms with van der Waals surface area (Å²) in [4.78, 5) is 24.3. The van der Waals surface area contributed by atoms with Gasteiger partial charge in [-0.1, -0.05) is 24.3 Å². The molecular weight excluding hydrogens is 344 g/mol. The summed E-state index contributed by atoms with van der Waals surface area (Å²) >= 11 is 0. The SMILES string of the molecule is COc1ccc(CNC(=O)CN2C(=O)c3ccccc3S2(=O)=O)cc1. The van der Waals surface area contributed by atoms with E-state index in [1.807, 2.05) is 0 Å². The summed E-state index contributed by atoms with van der Waals surface area (Å²) in [7, 11) is -2.42. The zero-order chi connectivity index (χ0) is 18.0. The molecule has 2 aromatic carbocycles. The van der Waals surface area contributed by atoms with E-state index in [2.05, 4.69) is 5.32 Å². The lowest BCUT2D eigenvalue weighted by atomic mass is 10.2. The minimum atomic E-state index is -3.98. The normalized spacial score (nSPS) is 14.9. The van der Waals surface area contributed by atoms with E-state index in [4.69, 9.17) is 4.74 Å². The molecule has 7 nitrogen and oxygen atoms in total. The molecule has 0 bridgehead atoms. The van der Waals surface area contributed by atoms with Crippen LogP contribution >= 0.6 is 0 Å². The van der Waals surface area contributed by atoms with E-state index in [9.17, 15) is 18.0 Å². The number of carbonyl (C=O) groups excluding carboxylic acids is 2. The number of sulfonamides is 1. The second-order valence-electron chi connectivity index (χ2n) is 5.44. The van der Waals surface area contributed by atoms with E-state index in [1.165, 1.54) is 18.2 Å². The third kappa shape index (κ3) is 3.20. The van der Waals surface area contributed by atoms with Crippen molar-refractivity contribution in [3.05, 3.63) is 59.7 Å². The first-order valence-electron chi connectivity index (χ1n) is 7.49. The fourth-order valence-electron chi connectivity index (χ4n) is 2.52. The van der Waals surface area contributed by atoms with Crippen LogP contribution in [0.5, 0.6) is 5.75 Å². The van der Waals surface area contributed by atoms with E-state index < -0.39 is 28.4 Å². The molecule has 1 aliphatic heterocycles. The molecule has 130 valence electrons. The van der Waals surface area contributed by atoms with Gasteiger partial charge in [0.05, 0.1) is 12.7 Å². The Labute approximate surface area is 145 Å². The maximum absolute atomic E-state index is 12.4. The minimum Gasteiger partial charge on any atom is -0.497 e. The third-order valence-electron chi connectivity index (χ3n) is 3.85. The van der Waals surface area contributed by atoms with E-state index in [1.54, 1.807) is 37.4 Å². The van der Waals surface area contributed by atoms with Gasteiger partial charge in [-0.2, -0.15) is 0 Å². The first-order chi connectivity index (χ1) is 11.9. The fourth-order valence-corrected chi connectivity index (χ4v) is 4.04. The summed E-state index contributed by atoms with van der Waals surface area (Å²) in [6.07, 6.45) is 0. The van der Waals surface area contributed by atoms with Gasteiger partial charge < -0.3 is 10.1 Å². The van der Waals surface area contributed by atoms with Crippen molar-refractivity contribution < 1.29 is 22.7 Å². The Kier molecular flexibility index (Phi) is 4.45. The summed E-state index contributed by atoms with van der Waals surface area (Å²) in [5, 5.41) is 2.61. The molecule has 1 N–H and O–H groups in total. The van der Waals surface area contributed by atoms with Crippen molar-refractivity contribution in [2.75, 3.05) is 13.7 Å². The van der Waals surface area contributed by atoms with Crippen LogP contribution in [0.15, 0.2) is 53.4 Å². The van der Waals surface area contributed by atoms with Gasteiger partial charge in [0.2, 0.25) is 5.91 Å². The Morgan fingerprint density at radius 1 is 1.12 bits per heavy atom. The lowest BCUT2D eigenvalue weighted by molar-refractivity contribution is -0.121. The monoisotopic (exact) mass is 360 g/mol. The Hall–Kier alpha value is -2.87. The number of nitrogens with one attached hydrogen (secondary N) is 1. The molecule has 25 heavy (non-hydrogen) atoms. The average Bonchev–Trinajstić information content (AvgIpc) is 2.82. The number of ether oxygens (including phenoxy) is 1. The maximum Gasteiger partial charge on any atom is 0.269 e. The van der Waals surface area contributed by atoms with Crippen LogP contribution in [0.3, 0.4) is 0 Å². The van der Waals surface area contributed by atoms with Crippen molar-refractivity contribution in [3.8, 4) is 5.75 Å². The molecule has 0 spiro atoms. The molecule has 0 unspecified atom stereocenters. The number of amides is 2. The molecule has 8 heteroatoms. The largest absolute Gasteiger partial charge is 0.497 e. The van der Waals surface area contributed by atoms with Crippen molar-refractivity contribution >= 4 is 21.8 Å². The highest BCUT2D eigenvalue weighted by atomic mass is 32.2. The maximum atomic E-state index is 12.4. The van der Waals surface area contributed by atoms with Gasteiger partial charge in [0, 0.05) is 6.54 Å². The average molecular weight is 360 g/mol. The molecule has 0 saturated heterocycles. The fraction of sp³-hybridized carbons (Fsp3) is 0.176. The summed E-state index contributed by atoms with van der Waals surface area (Å²) in [6, 6.07) is 13.0. The van der Waals surface area contributed by atoms with Crippen molar-refractivity contribution in [1.82, 2.24) is 9.62 Å². The number of hydrogen-bond donors (Lipinski definition) is 1. The summed E-state index contributed by atoms with van der Waals surface area (Å²) < 4.78 is 30.4. The van der Waals surface area contributed by atoms with E-state index in [-0.39, 0.29) is 17.0 Å². The first kappa shape index (κ1) is 17.0. The van der Waals surface area contributed by atoms with Gasteiger partial charge in [0.1, 0.15) is 17.2 Å². The molecule has 0 aromatic heterocycles. The second kappa shape index (κ2) is 6.56. The molecule has 0 saturated carbocycles. The number of fused-ring (bicyclic) bond motifs is 1. The molecule has 0 radical (unpaired) electrons. The van der Waals surface area contributed by atoms with Gasteiger partial charge in [-0.15, -0.1) is 0 Å². The van der Waals surface area contributed by atoms with E-state index in [0.717, 1.165) is 5.56 Å². The topological polar surface area (TPSA) is 92.8 Å². The smallest absolute Gasteiger partial charge is 0.269 e. The van der Waals surface area contributed by atoms with Gasteiger partial charge in [0.25, 0.3) is 15.9 Å². The number of nitrogens with zero attached hydrogens (tertiary/aromatic N) is 1. The quantitative estimate of drug-likeness (QED) is 0.864. The zero-order valence-electron chi connectivity index (χ0n) is 13.4. The lowest BCUT2D eigenvalue weighted by Crippen LogP contribution is -2.40. The van der Waals surface area contributed by atoms with Crippen molar-refractivity contribution in [2.24, 2.45) is 0 Å². The molecular formula is C17H16N2O5S. The number of methoxy groups -OCH3 is 1. The van der Waals surface area contributed by atoms with E-state index >= 15 is 0 Å². The van der Waals surface area contributed by atoms with Gasteiger partial charge in [-0.25, -0.2) is 12.7 Å². The van der Waals surface area contributed by atoms with E-state index in [0.29, 0.717) is 10.1 Å². The van der Waals surface area contributed by atoms with Gasteiger partial charge in [-0.3, -0.25) is 9.59 Å². The highest BCUT2D eigenvalue weighted by molar-refractivity contribution is 7.90. The molecule has 0 atom stereocenters. The number of benzene rings is 2. The molecule has 0 fully saturated rings. The van der Waals surface area contributed by atoms with Crippen LogP contribution in [0.2, 0.25) is 0 Å². The molecule has 3 rings (SSSR count). The standard InChI is InChI=1S/C17H16N2O5S/c1-24-13-8-6-12(7-9-13)10-18-16(20)11-19-17(21)14-4-2-3-5-15(14)25(19,22)23/h2-9H,10-11H2,1H3,(H,18,20). The van der Waals surface area contributed by atoms with Crippen LogP contribution in [0.25, 0.3) is 0 Å². The Balaban J connectivity index is 1.66. The van der Waals surface area contributed by atoms with Crippen molar-refractivity contribution in [2.45, 2.75) is 11.4 Å². The number of carbonyl (C=O) groups is 2. The Morgan fingerprint density at radius 3 is 2.44 bits per heavy atom. The predicted octanol–water partition coefficient (Wildman–Crippen LogP) is 1.16. The summed E-state index contributed by atoms with van der Waals surface area (Å²) in [6.45, 7) is -0.330. The third-order valence-corrected chi connectivity index (χ3v) is 5.63. The summed E-state index contributed by atoms with van der Waals surface area (Å²) in [5.74, 6) is -0.544. The van der Waals surface area contributed by atoms with Gasteiger partial charge in [0.15, 0.2) is 0 Å². The van der Waals surface area contributed by atoms with Crippen LogP contribution in [-0.4, -0.2) is 38.2 Å². The summed E-state index contributed by atoms with van der Waals surface area (Å²) in [5.41, 5.74) is 0.915. The second-order valence-corrected chi connectivity index (χ2v) is 7.27. The molecule has 2 amide bonds. The Morgan fingerprint density at radius 2 is 1.80 bits per heavy atom.